The Hall–Kier alpha value is -1.11. The number of carbonyl (C=O) groups excluding carboxylic acids is 2. The number of nitrogens with zero attached hydrogens (tertiary/aromatic N) is 1. The zero-order valence-electron chi connectivity index (χ0n) is 11.7. The van der Waals surface area contributed by atoms with Crippen molar-refractivity contribution in [1.29, 1.82) is 0 Å². The number of fused-ring (bicyclic) bond motifs is 1. The van der Waals surface area contributed by atoms with Gasteiger partial charge in [0.25, 0.3) is 5.91 Å². The van der Waals surface area contributed by atoms with Gasteiger partial charge in [-0.05, 0) is 23.3 Å². The van der Waals surface area contributed by atoms with Crippen molar-refractivity contribution >= 4 is 35.6 Å². The highest BCUT2D eigenvalue weighted by Crippen LogP contribution is 2.26. The zero-order chi connectivity index (χ0) is 13.9. The van der Waals surface area contributed by atoms with Crippen LogP contribution < -0.4 is 10.6 Å². The molecule has 0 saturated carbocycles. The topological polar surface area (TPSA) is 61.4 Å². The minimum atomic E-state index is -0.0877. The van der Waals surface area contributed by atoms with Gasteiger partial charge >= 0.3 is 0 Å². The van der Waals surface area contributed by atoms with Gasteiger partial charge in [-0.2, -0.15) is 0 Å². The molecule has 2 atom stereocenters. The molecule has 1 aromatic rings. The number of halogens is 1. The Balaban J connectivity index is 0.00000161. The summed E-state index contributed by atoms with van der Waals surface area (Å²) in [5.41, 5.74) is 0. The Morgan fingerprint density at radius 1 is 1.33 bits per heavy atom. The van der Waals surface area contributed by atoms with Gasteiger partial charge in [-0.25, -0.2) is 0 Å². The SMILES string of the molecule is Cl.O=C(NCCC(=O)N1C[C@H]2CNC[C@H]2C1)c1cccs1. The Bertz CT molecular complexity index is 482. The molecule has 0 radical (unpaired) electrons. The van der Waals surface area contributed by atoms with Crippen molar-refractivity contribution in [3.05, 3.63) is 22.4 Å². The van der Waals surface area contributed by atoms with Gasteiger partial charge in [0.1, 0.15) is 0 Å². The zero-order valence-corrected chi connectivity index (χ0v) is 13.3. The lowest BCUT2D eigenvalue weighted by atomic mass is 10.0. The summed E-state index contributed by atoms with van der Waals surface area (Å²) >= 11 is 1.41. The fraction of sp³-hybridized carbons (Fsp3) is 0.571. The van der Waals surface area contributed by atoms with Gasteiger partial charge in [-0.15, -0.1) is 23.7 Å². The molecule has 0 bridgehead atoms. The van der Waals surface area contributed by atoms with Gasteiger partial charge in [0, 0.05) is 39.1 Å². The third kappa shape index (κ3) is 3.75. The number of nitrogens with one attached hydrogen (secondary N) is 2. The van der Waals surface area contributed by atoms with Gasteiger partial charge < -0.3 is 15.5 Å². The molecule has 1 aromatic heterocycles. The summed E-state index contributed by atoms with van der Waals surface area (Å²) < 4.78 is 0. The average Bonchev–Trinajstić information content (AvgIpc) is 3.14. The van der Waals surface area contributed by atoms with Crippen LogP contribution in [0.2, 0.25) is 0 Å². The first-order chi connectivity index (χ1) is 9.74. The third-order valence-electron chi connectivity index (χ3n) is 4.11. The maximum atomic E-state index is 12.1. The lowest BCUT2D eigenvalue weighted by Gasteiger charge is -2.17. The van der Waals surface area contributed by atoms with Crippen molar-refractivity contribution in [3.63, 3.8) is 0 Å². The van der Waals surface area contributed by atoms with Gasteiger partial charge in [-0.3, -0.25) is 9.59 Å². The largest absolute Gasteiger partial charge is 0.351 e. The van der Waals surface area contributed by atoms with Crippen LogP contribution in [0.3, 0.4) is 0 Å². The number of hydrogen-bond donors (Lipinski definition) is 2. The van der Waals surface area contributed by atoms with E-state index in [2.05, 4.69) is 10.6 Å². The maximum Gasteiger partial charge on any atom is 0.261 e. The maximum absolute atomic E-state index is 12.1. The van der Waals surface area contributed by atoms with E-state index in [4.69, 9.17) is 0 Å². The molecule has 2 aliphatic heterocycles. The van der Waals surface area contributed by atoms with Crippen molar-refractivity contribution in [2.45, 2.75) is 6.42 Å². The molecule has 116 valence electrons. The smallest absolute Gasteiger partial charge is 0.261 e. The molecule has 2 fully saturated rings. The molecule has 2 amide bonds. The van der Waals surface area contributed by atoms with Crippen LogP contribution in [-0.4, -0.2) is 49.4 Å². The molecule has 0 aliphatic carbocycles. The molecular formula is C14H20ClN3O2S. The predicted octanol–water partition coefficient (Wildman–Crippen LogP) is 0.968. The fourth-order valence-electron chi connectivity index (χ4n) is 2.99. The second-order valence-corrected chi connectivity index (χ2v) is 6.41. The van der Waals surface area contributed by atoms with E-state index in [-0.39, 0.29) is 24.2 Å². The van der Waals surface area contributed by atoms with Gasteiger partial charge in [0.05, 0.1) is 4.88 Å². The third-order valence-corrected chi connectivity index (χ3v) is 4.98. The number of amides is 2. The van der Waals surface area contributed by atoms with E-state index in [1.165, 1.54) is 11.3 Å². The Labute approximate surface area is 134 Å². The van der Waals surface area contributed by atoms with Gasteiger partial charge in [-0.1, -0.05) is 6.07 Å². The van der Waals surface area contributed by atoms with E-state index in [1.54, 1.807) is 6.07 Å². The van der Waals surface area contributed by atoms with Crippen LogP contribution in [0.4, 0.5) is 0 Å². The van der Waals surface area contributed by atoms with Crippen LogP contribution in [0.25, 0.3) is 0 Å². The van der Waals surface area contributed by atoms with Crippen molar-refractivity contribution in [3.8, 4) is 0 Å². The molecule has 0 unspecified atom stereocenters. The highest BCUT2D eigenvalue weighted by molar-refractivity contribution is 7.12. The molecule has 2 aliphatic rings. The molecule has 2 saturated heterocycles. The normalized spacial score (nSPS) is 23.5. The molecular weight excluding hydrogens is 310 g/mol. The van der Waals surface area contributed by atoms with Crippen molar-refractivity contribution in [2.24, 2.45) is 11.8 Å². The van der Waals surface area contributed by atoms with E-state index in [1.807, 2.05) is 16.3 Å². The second kappa shape index (κ2) is 7.24. The molecule has 3 heterocycles. The first kappa shape index (κ1) is 16.3. The Morgan fingerprint density at radius 2 is 2.05 bits per heavy atom. The summed E-state index contributed by atoms with van der Waals surface area (Å²) in [6.45, 7) is 4.22. The standard InChI is InChI=1S/C14H19N3O2S.ClH/c18-13(17-8-10-6-15-7-11(10)9-17)3-4-16-14(19)12-2-1-5-20-12;/h1-2,5,10-11,15H,3-4,6-9H2,(H,16,19);1H/t10-,11+;. The minimum absolute atomic E-state index is 0. The monoisotopic (exact) mass is 329 g/mol. The van der Waals surface area contributed by atoms with Crippen LogP contribution in [0.1, 0.15) is 16.1 Å². The molecule has 21 heavy (non-hydrogen) atoms. The van der Waals surface area contributed by atoms with Crippen LogP contribution in [-0.2, 0) is 4.79 Å². The number of carbonyl (C=O) groups is 2. The second-order valence-electron chi connectivity index (χ2n) is 5.46. The number of hydrogen-bond acceptors (Lipinski definition) is 4. The van der Waals surface area contributed by atoms with E-state index in [0.717, 1.165) is 26.2 Å². The molecule has 2 N–H and O–H groups in total. The van der Waals surface area contributed by atoms with Crippen LogP contribution in [0.5, 0.6) is 0 Å². The van der Waals surface area contributed by atoms with Crippen LogP contribution >= 0.6 is 23.7 Å². The summed E-state index contributed by atoms with van der Waals surface area (Å²) in [5, 5.41) is 8.04. The van der Waals surface area contributed by atoms with E-state index in [0.29, 0.717) is 29.7 Å². The van der Waals surface area contributed by atoms with Gasteiger partial charge in [0.15, 0.2) is 0 Å². The molecule has 3 rings (SSSR count). The highest BCUT2D eigenvalue weighted by Gasteiger charge is 2.37. The average molecular weight is 330 g/mol. The lowest BCUT2D eigenvalue weighted by Crippen LogP contribution is -2.34. The molecule has 7 heteroatoms. The van der Waals surface area contributed by atoms with Gasteiger partial charge in [0.2, 0.25) is 5.91 Å². The summed E-state index contributed by atoms with van der Waals surface area (Å²) in [5.74, 6) is 1.32. The van der Waals surface area contributed by atoms with Crippen LogP contribution in [0.15, 0.2) is 17.5 Å². The molecule has 5 nitrogen and oxygen atoms in total. The van der Waals surface area contributed by atoms with Crippen molar-refractivity contribution in [2.75, 3.05) is 32.7 Å². The predicted molar refractivity (Wildman–Crippen MR) is 84.9 cm³/mol. The van der Waals surface area contributed by atoms with E-state index in [9.17, 15) is 9.59 Å². The summed E-state index contributed by atoms with van der Waals surface area (Å²) in [4.78, 5) is 26.5. The van der Waals surface area contributed by atoms with Crippen molar-refractivity contribution < 1.29 is 9.59 Å². The quantitative estimate of drug-likeness (QED) is 0.865. The summed E-state index contributed by atoms with van der Waals surface area (Å²) in [6, 6.07) is 3.64. The number of thiophene rings is 1. The van der Waals surface area contributed by atoms with Crippen molar-refractivity contribution in [1.82, 2.24) is 15.5 Å². The lowest BCUT2D eigenvalue weighted by molar-refractivity contribution is -0.130. The summed E-state index contributed by atoms with van der Waals surface area (Å²) in [7, 11) is 0. The molecule has 0 spiro atoms. The Kier molecular flexibility index (Phi) is 5.61. The number of rotatable bonds is 4. The van der Waals surface area contributed by atoms with Crippen LogP contribution in [0, 0.1) is 11.8 Å². The Morgan fingerprint density at radius 3 is 2.67 bits per heavy atom. The number of likely N-dealkylation sites (tertiary alicyclic amines) is 1. The first-order valence-electron chi connectivity index (χ1n) is 7.04. The van der Waals surface area contributed by atoms with E-state index < -0.39 is 0 Å². The first-order valence-corrected chi connectivity index (χ1v) is 7.92. The highest BCUT2D eigenvalue weighted by atomic mass is 35.5. The summed E-state index contributed by atoms with van der Waals surface area (Å²) in [6.07, 6.45) is 0.393. The minimum Gasteiger partial charge on any atom is -0.351 e. The van der Waals surface area contributed by atoms with E-state index >= 15 is 0 Å². The fourth-order valence-corrected chi connectivity index (χ4v) is 3.64. The molecule has 0 aromatic carbocycles.